The van der Waals surface area contributed by atoms with Crippen molar-refractivity contribution in [2.75, 3.05) is 7.05 Å². The molecule has 0 radical (unpaired) electrons. The number of aromatic nitrogens is 2. The van der Waals surface area contributed by atoms with Gasteiger partial charge in [-0.05, 0) is 38.2 Å². The zero-order valence-electron chi connectivity index (χ0n) is 13.0. The number of rotatable bonds is 7. The average Bonchev–Trinajstić information content (AvgIpc) is 2.94. The van der Waals surface area contributed by atoms with Crippen LogP contribution in [0.25, 0.3) is 12.2 Å². The van der Waals surface area contributed by atoms with Gasteiger partial charge in [0.05, 0.1) is 0 Å². The molecule has 0 amide bonds. The van der Waals surface area contributed by atoms with E-state index in [0.717, 1.165) is 4.47 Å². The van der Waals surface area contributed by atoms with Gasteiger partial charge in [-0.15, -0.1) is 12.4 Å². The normalized spacial score (nSPS) is 12.4. The fraction of sp³-hybridized carbons (Fsp3) is 0.333. The molecule has 5 nitrogen and oxygen atoms in total. The minimum Gasteiger partial charge on any atom is -0.434 e. The number of halogens is 4. The molecule has 0 aliphatic carbocycles. The molecular formula is C15H17BrClF2N3O2. The highest BCUT2D eigenvalue weighted by Gasteiger charge is 2.10. The number of ether oxygens (including phenoxy) is 1. The predicted octanol–water partition coefficient (Wildman–Crippen LogP) is 4.18. The van der Waals surface area contributed by atoms with E-state index < -0.39 is 6.61 Å². The smallest absolute Gasteiger partial charge is 0.387 e. The summed E-state index contributed by atoms with van der Waals surface area (Å²) in [4.78, 5) is 4.22. The molecule has 1 N–H and O–H groups in total. The van der Waals surface area contributed by atoms with Gasteiger partial charge in [0.15, 0.2) is 5.82 Å². The molecule has 0 fully saturated rings. The maximum atomic E-state index is 12.4. The molecule has 0 saturated heterocycles. The predicted molar refractivity (Wildman–Crippen MR) is 93.5 cm³/mol. The quantitative estimate of drug-likeness (QED) is 0.723. The number of nitrogens with one attached hydrogen (secondary N) is 1. The molecular weight excluding hydrogens is 408 g/mol. The second-order valence-electron chi connectivity index (χ2n) is 4.84. The summed E-state index contributed by atoms with van der Waals surface area (Å²) in [5, 5.41) is 6.95. The summed E-state index contributed by atoms with van der Waals surface area (Å²) in [5.41, 5.74) is 0.475. The van der Waals surface area contributed by atoms with Crippen LogP contribution in [-0.4, -0.2) is 29.8 Å². The Morgan fingerprint density at radius 2 is 2.12 bits per heavy atom. The summed E-state index contributed by atoms with van der Waals surface area (Å²) < 4.78 is 35.2. The van der Waals surface area contributed by atoms with Gasteiger partial charge in [-0.25, -0.2) is 0 Å². The summed E-state index contributed by atoms with van der Waals surface area (Å²) in [6.07, 6.45) is 3.77. The lowest BCUT2D eigenvalue weighted by atomic mass is 10.2. The zero-order chi connectivity index (χ0) is 16.8. The number of likely N-dealkylation sites (N-methyl/N-ethyl adjacent to an activating group) is 1. The van der Waals surface area contributed by atoms with Crippen molar-refractivity contribution in [3.63, 3.8) is 0 Å². The van der Waals surface area contributed by atoms with Gasteiger partial charge < -0.3 is 14.6 Å². The number of hydrogen-bond acceptors (Lipinski definition) is 5. The van der Waals surface area contributed by atoms with E-state index >= 15 is 0 Å². The Balaban J connectivity index is 0.00000288. The molecule has 1 unspecified atom stereocenters. The molecule has 0 spiro atoms. The fourth-order valence-electron chi connectivity index (χ4n) is 1.81. The largest absolute Gasteiger partial charge is 0.434 e. The van der Waals surface area contributed by atoms with Crippen LogP contribution >= 0.6 is 28.3 Å². The van der Waals surface area contributed by atoms with Crippen molar-refractivity contribution in [1.82, 2.24) is 15.5 Å². The summed E-state index contributed by atoms with van der Waals surface area (Å²) in [7, 11) is 1.85. The Labute approximate surface area is 153 Å². The van der Waals surface area contributed by atoms with Crippen LogP contribution in [0.2, 0.25) is 0 Å². The first-order valence-electron chi connectivity index (χ1n) is 6.90. The van der Waals surface area contributed by atoms with Crippen LogP contribution in [0.15, 0.2) is 27.2 Å². The van der Waals surface area contributed by atoms with Gasteiger partial charge in [-0.2, -0.15) is 13.8 Å². The van der Waals surface area contributed by atoms with Crippen molar-refractivity contribution < 1.29 is 18.0 Å². The van der Waals surface area contributed by atoms with Crippen LogP contribution in [-0.2, 0) is 6.42 Å². The Kier molecular flexibility index (Phi) is 8.30. The Morgan fingerprint density at radius 1 is 1.38 bits per heavy atom. The van der Waals surface area contributed by atoms with E-state index in [9.17, 15) is 8.78 Å². The van der Waals surface area contributed by atoms with Crippen LogP contribution < -0.4 is 10.1 Å². The maximum Gasteiger partial charge on any atom is 0.387 e. The number of alkyl halides is 2. The fourth-order valence-corrected chi connectivity index (χ4v) is 2.19. The van der Waals surface area contributed by atoms with Gasteiger partial charge in [-0.3, -0.25) is 0 Å². The Hall–Kier alpha value is -1.51. The summed E-state index contributed by atoms with van der Waals surface area (Å²) in [6, 6.07) is 4.97. The monoisotopic (exact) mass is 423 g/mol. The van der Waals surface area contributed by atoms with Crippen molar-refractivity contribution in [2.45, 2.75) is 26.0 Å². The Morgan fingerprint density at radius 3 is 2.79 bits per heavy atom. The van der Waals surface area contributed by atoms with E-state index in [-0.39, 0.29) is 24.2 Å². The third kappa shape index (κ3) is 6.18. The molecule has 24 heavy (non-hydrogen) atoms. The van der Waals surface area contributed by atoms with E-state index in [1.54, 1.807) is 24.3 Å². The molecule has 0 bridgehead atoms. The SMILES string of the molecule is CNC(C)Cc1noc(/C=C/c2cc(Br)ccc2OC(F)F)n1.Cl. The summed E-state index contributed by atoms with van der Waals surface area (Å²) in [6.45, 7) is -0.886. The summed E-state index contributed by atoms with van der Waals surface area (Å²) in [5.74, 6) is 0.944. The number of benzene rings is 1. The van der Waals surface area contributed by atoms with Gasteiger partial charge in [0.2, 0.25) is 0 Å². The van der Waals surface area contributed by atoms with Gasteiger partial charge in [-0.1, -0.05) is 21.1 Å². The Bertz CT molecular complexity index is 682. The van der Waals surface area contributed by atoms with Crippen LogP contribution in [0, 0.1) is 0 Å². The van der Waals surface area contributed by atoms with E-state index in [1.165, 1.54) is 6.07 Å². The second-order valence-corrected chi connectivity index (χ2v) is 5.75. The molecule has 0 aliphatic rings. The highest BCUT2D eigenvalue weighted by Crippen LogP contribution is 2.26. The standard InChI is InChI=1S/C15H16BrF2N3O2.ClH/c1-9(19-2)7-13-20-14(23-21-13)6-3-10-8-11(16)4-5-12(10)22-15(17)18;/h3-6,8-9,15,19H,7H2,1-2H3;1H/b6-3+;. The molecule has 9 heteroatoms. The van der Waals surface area contributed by atoms with E-state index in [0.29, 0.717) is 23.7 Å². The van der Waals surface area contributed by atoms with Crippen LogP contribution in [0.3, 0.4) is 0 Å². The highest BCUT2D eigenvalue weighted by molar-refractivity contribution is 9.10. The number of hydrogen-bond donors (Lipinski definition) is 1. The minimum atomic E-state index is -2.89. The van der Waals surface area contributed by atoms with E-state index in [4.69, 9.17) is 4.52 Å². The summed E-state index contributed by atoms with van der Waals surface area (Å²) >= 11 is 3.29. The molecule has 2 rings (SSSR count). The molecule has 0 saturated carbocycles. The molecule has 1 aromatic heterocycles. The van der Waals surface area contributed by atoms with Gasteiger partial charge in [0, 0.05) is 28.6 Å². The third-order valence-electron chi connectivity index (χ3n) is 3.06. The lowest BCUT2D eigenvalue weighted by Crippen LogP contribution is -2.24. The topological polar surface area (TPSA) is 60.2 Å². The molecule has 1 heterocycles. The lowest BCUT2D eigenvalue weighted by Gasteiger charge is -2.08. The number of nitrogens with zero attached hydrogens (tertiary/aromatic N) is 2. The first-order chi connectivity index (χ1) is 11.0. The highest BCUT2D eigenvalue weighted by atomic mass is 79.9. The van der Waals surface area contributed by atoms with Crippen molar-refractivity contribution in [2.24, 2.45) is 0 Å². The molecule has 132 valence electrons. The van der Waals surface area contributed by atoms with Crippen molar-refractivity contribution in [3.8, 4) is 5.75 Å². The molecule has 1 aromatic carbocycles. The first kappa shape index (κ1) is 20.5. The van der Waals surface area contributed by atoms with Crippen molar-refractivity contribution in [1.29, 1.82) is 0 Å². The molecule has 2 aromatic rings. The zero-order valence-corrected chi connectivity index (χ0v) is 15.4. The van der Waals surface area contributed by atoms with Crippen LogP contribution in [0.1, 0.15) is 24.2 Å². The van der Waals surface area contributed by atoms with Gasteiger partial charge in [0.1, 0.15) is 5.75 Å². The first-order valence-corrected chi connectivity index (χ1v) is 7.69. The van der Waals surface area contributed by atoms with Crippen LogP contribution in [0.5, 0.6) is 5.75 Å². The third-order valence-corrected chi connectivity index (χ3v) is 3.55. The maximum absolute atomic E-state index is 12.4. The van der Waals surface area contributed by atoms with E-state index in [2.05, 4.69) is 36.1 Å². The molecule has 0 aliphatic heterocycles. The van der Waals surface area contributed by atoms with Gasteiger partial charge in [0.25, 0.3) is 5.89 Å². The average molecular weight is 425 g/mol. The second kappa shape index (κ2) is 9.71. The van der Waals surface area contributed by atoms with Crippen LogP contribution in [0.4, 0.5) is 8.78 Å². The van der Waals surface area contributed by atoms with E-state index in [1.807, 2.05) is 14.0 Å². The minimum absolute atomic E-state index is 0. The van der Waals surface area contributed by atoms with Crippen molar-refractivity contribution in [3.05, 3.63) is 40.0 Å². The van der Waals surface area contributed by atoms with Gasteiger partial charge >= 0.3 is 6.61 Å². The lowest BCUT2D eigenvalue weighted by molar-refractivity contribution is -0.0499. The molecule has 1 atom stereocenters. The van der Waals surface area contributed by atoms with Crippen molar-refractivity contribution >= 4 is 40.5 Å².